The molecule has 1 amide bonds. The number of benzene rings is 3. The Labute approximate surface area is 388 Å². The number of ether oxygens (including phenoxy) is 12. The molecule has 67 heavy (non-hydrogen) atoms. The molecule has 11 atom stereocenters. The molecular formula is C48H59NO18. The number of rotatable bonds is 22. The topological polar surface area (TPSA) is 225 Å². The molecule has 0 radical (unpaired) electrons. The monoisotopic (exact) mass is 937 g/mol. The first-order chi connectivity index (χ1) is 32.1. The van der Waals surface area contributed by atoms with Crippen LogP contribution in [0, 0.1) is 0 Å². The van der Waals surface area contributed by atoms with Gasteiger partial charge in [0.2, 0.25) is 5.91 Å². The van der Waals surface area contributed by atoms with E-state index in [4.69, 9.17) is 56.8 Å². The summed E-state index contributed by atoms with van der Waals surface area (Å²) in [5.74, 6) is -7.79. The standard InChI is InChI=1S/C48H59NO18/c1-29(50)49-40-37(63-31(3)52)23-48(47(55)57-7,67-43(40)42(65-33(5)54)38(64-32(4)53)27-58-30(2)51)62-28-39-41(59-24-34-17-11-8-12-18-34)44(60-25-35-19-13-9-14-20-35)45(46(56-6)66-39)61-26-36-21-15-10-16-22-36/h8-22,37-46H,23-28H2,1-7H3,(H,49,50)/t37-,38+,39+,40+,41+,42+,43+,44-,45+,46-,48-/m0/s1. The lowest BCUT2D eigenvalue weighted by molar-refractivity contribution is -0.348. The quantitative estimate of drug-likeness (QED) is 0.112. The van der Waals surface area contributed by atoms with Crippen LogP contribution in [0.3, 0.4) is 0 Å². The molecule has 0 aliphatic carbocycles. The minimum absolute atomic E-state index is 0.0667. The first-order valence-corrected chi connectivity index (χ1v) is 21.6. The van der Waals surface area contributed by atoms with Crippen molar-refractivity contribution in [2.75, 3.05) is 27.4 Å². The van der Waals surface area contributed by atoms with E-state index < -0.39 is 122 Å². The number of methoxy groups -OCH3 is 2. The predicted octanol–water partition coefficient (Wildman–Crippen LogP) is 3.65. The van der Waals surface area contributed by atoms with E-state index in [1.54, 1.807) is 0 Å². The summed E-state index contributed by atoms with van der Waals surface area (Å²) >= 11 is 0. The minimum Gasteiger partial charge on any atom is -0.465 e. The van der Waals surface area contributed by atoms with Gasteiger partial charge in [0.05, 0.1) is 46.0 Å². The number of carbonyl (C=O) groups excluding carboxylic acids is 6. The Morgan fingerprint density at radius 1 is 0.672 bits per heavy atom. The number of carbonyl (C=O) groups is 6. The number of amides is 1. The highest BCUT2D eigenvalue weighted by atomic mass is 16.8. The third-order valence-corrected chi connectivity index (χ3v) is 10.7. The highest BCUT2D eigenvalue weighted by molar-refractivity contribution is 5.79. The van der Waals surface area contributed by atoms with Gasteiger partial charge in [0, 0.05) is 41.7 Å². The van der Waals surface area contributed by atoms with Crippen molar-refractivity contribution in [3.63, 3.8) is 0 Å². The lowest BCUT2D eigenvalue weighted by Crippen LogP contribution is -2.70. The molecule has 5 rings (SSSR count). The van der Waals surface area contributed by atoms with E-state index in [-0.39, 0.29) is 19.8 Å². The van der Waals surface area contributed by atoms with Gasteiger partial charge < -0.3 is 62.2 Å². The van der Waals surface area contributed by atoms with Gasteiger partial charge in [-0.2, -0.15) is 0 Å². The van der Waals surface area contributed by atoms with Crippen LogP contribution in [0.25, 0.3) is 0 Å². The van der Waals surface area contributed by atoms with E-state index >= 15 is 0 Å². The van der Waals surface area contributed by atoms with E-state index in [9.17, 15) is 28.8 Å². The first kappa shape index (κ1) is 52.2. The lowest BCUT2D eigenvalue weighted by atomic mass is 9.87. The van der Waals surface area contributed by atoms with E-state index in [2.05, 4.69) is 5.32 Å². The Morgan fingerprint density at radius 3 is 1.66 bits per heavy atom. The Bertz CT molecular complexity index is 2070. The fourth-order valence-electron chi connectivity index (χ4n) is 7.83. The smallest absolute Gasteiger partial charge is 0.366 e. The van der Waals surface area contributed by atoms with Crippen LogP contribution >= 0.6 is 0 Å². The highest BCUT2D eigenvalue weighted by Gasteiger charge is 2.60. The molecule has 0 unspecified atom stereocenters. The molecule has 19 heteroatoms. The number of hydrogen-bond donors (Lipinski definition) is 1. The molecule has 3 aromatic rings. The SMILES string of the molecule is COC(=O)[C@]1(OC[C@H]2O[C@H](OC)[C@H](OCc3ccccc3)[C@@H](OCc3ccccc3)[C@@H]2OCc2ccccc2)C[C@H](OC(C)=O)[C@@H](NC(C)=O)[C@H]([C@H](OC(C)=O)[C@@H](COC(C)=O)OC(C)=O)O1. The van der Waals surface area contributed by atoms with Crippen molar-refractivity contribution in [1.29, 1.82) is 0 Å². The molecule has 2 saturated heterocycles. The van der Waals surface area contributed by atoms with E-state index in [0.717, 1.165) is 51.5 Å². The molecule has 0 aromatic heterocycles. The van der Waals surface area contributed by atoms with Crippen molar-refractivity contribution >= 4 is 35.8 Å². The zero-order chi connectivity index (χ0) is 48.5. The second-order valence-electron chi connectivity index (χ2n) is 15.8. The molecular weight excluding hydrogens is 879 g/mol. The van der Waals surface area contributed by atoms with Crippen molar-refractivity contribution in [3.8, 4) is 0 Å². The van der Waals surface area contributed by atoms with Crippen LogP contribution in [0.4, 0.5) is 0 Å². The molecule has 19 nitrogen and oxygen atoms in total. The maximum Gasteiger partial charge on any atom is 0.366 e. The Hall–Kier alpha value is -5.80. The number of hydrogen-bond acceptors (Lipinski definition) is 18. The molecule has 1 N–H and O–H groups in total. The van der Waals surface area contributed by atoms with E-state index in [1.165, 1.54) is 14.0 Å². The first-order valence-electron chi connectivity index (χ1n) is 21.6. The van der Waals surface area contributed by atoms with Crippen LogP contribution in [0.15, 0.2) is 91.0 Å². The van der Waals surface area contributed by atoms with Gasteiger partial charge in [-0.3, -0.25) is 24.0 Å². The zero-order valence-corrected chi connectivity index (χ0v) is 38.5. The second kappa shape index (κ2) is 25.4. The van der Waals surface area contributed by atoms with Crippen molar-refractivity contribution in [2.45, 2.75) is 128 Å². The molecule has 2 aliphatic rings. The summed E-state index contributed by atoms with van der Waals surface area (Å²) < 4.78 is 72.9. The van der Waals surface area contributed by atoms with Crippen LogP contribution in [-0.2, 0) is 105 Å². The van der Waals surface area contributed by atoms with Crippen molar-refractivity contribution in [3.05, 3.63) is 108 Å². The van der Waals surface area contributed by atoms with Gasteiger partial charge >= 0.3 is 29.8 Å². The zero-order valence-electron chi connectivity index (χ0n) is 38.5. The van der Waals surface area contributed by atoms with Crippen LogP contribution in [0.5, 0.6) is 0 Å². The summed E-state index contributed by atoms with van der Waals surface area (Å²) in [7, 11) is 2.49. The number of nitrogens with one attached hydrogen (secondary N) is 1. The predicted molar refractivity (Wildman–Crippen MR) is 232 cm³/mol. The summed E-state index contributed by atoms with van der Waals surface area (Å²) in [6, 6.07) is 26.9. The van der Waals surface area contributed by atoms with Gasteiger partial charge in [0.25, 0.3) is 5.79 Å². The fraction of sp³-hybridized carbons (Fsp3) is 0.500. The summed E-state index contributed by atoms with van der Waals surface area (Å²) in [4.78, 5) is 77.1. The van der Waals surface area contributed by atoms with Crippen LogP contribution in [0.1, 0.15) is 57.7 Å². The fourth-order valence-corrected chi connectivity index (χ4v) is 7.83. The van der Waals surface area contributed by atoms with Gasteiger partial charge in [-0.05, 0) is 16.7 Å². The average Bonchev–Trinajstić information content (AvgIpc) is 3.30. The molecule has 364 valence electrons. The number of esters is 5. The minimum atomic E-state index is -2.55. The summed E-state index contributed by atoms with van der Waals surface area (Å²) in [6.07, 6.45) is -12.3. The third kappa shape index (κ3) is 15.1. The largest absolute Gasteiger partial charge is 0.465 e. The van der Waals surface area contributed by atoms with Gasteiger partial charge in [-0.1, -0.05) is 91.0 Å². The Kier molecular flexibility index (Phi) is 19.8. The van der Waals surface area contributed by atoms with E-state index in [0.29, 0.717) is 0 Å². The Balaban J connectivity index is 1.60. The van der Waals surface area contributed by atoms with Gasteiger partial charge in [0.15, 0.2) is 18.5 Å². The highest BCUT2D eigenvalue weighted by Crippen LogP contribution is 2.39. The summed E-state index contributed by atoms with van der Waals surface area (Å²) in [5, 5.41) is 2.65. The molecule has 3 aromatic carbocycles. The van der Waals surface area contributed by atoms with Gasteiger partial charge in [0.1, 0.15) is 43.2 Å². The molecule has 0 spiro atoms. The molecule has 2 aliphatic heterocycles. The summed E-state index contributed by atoms with van der Waals surface area (Å²) in [6.45, 7) is 4.60. The molecule has 2 fully saturated rings. The second-order valence-corrected chi connectivity index (χ2v) is 15.8. The van der Waals surface area contributed by atoms with Crippen LogP contribution in [-0.4, -0.2) is 130 Å². The molecule has 2 heterocycles. The maximum absolute atomic E-state index is 14.3. The summed E-state index contributed by atoms with van der Waals surface area (Å²) in [5.41, 5.74) is 2.52. The van der Waals surface area contributed by atoms with Crippen molar-refractivity contribution in [1.82, 2.24) is 5.32 Å². The Morgan fingerprint density at radius 2 is 1.19 bits per heavy atom. The molecule has 0 saturated carbocycles. The van der Waals surface area contributed by atoms with E-state index in [1.807, 2.05) is 91.0 Å². The molecule has 0 bridgehead atoms. The van der Waals surface area contributed by atoms with Gasteiger partial charge in [-0.25, -0.2) is 4.79 Å². The normalized spacial score (nSPS) is 25.7. The van der Waals surface area contributed by atoms with Crippen molar-refractivity contribution in [2.24, 2.45) is 0 Å². The van der Waals surface area contributed by atoms with Gasteiger partial charge in [-0.15, -0.1) is 0 Å². The van der Waals surface area contributed by atoms with Crippen LogP contribution in [0.2, 0.25) is 0 Å². The third-order valence-electron chi connectivity index (χ3n) is 10.7. The van der Waals surface area contributed by atoms with Crippen molar-refractivity contribution < 1.29 is 85.6 Å². The van der Waals surface area contributed by atoms with Crippen LogP contribution < -0.4 is 5.32 Å². The average molecular weight is 938 g/mol. The lowest BCUT2D eigenvalue weighted by Gasteiger charge is -2.49. The maximum atomic E-state index is 14.3.